The first kappa shape index (κ1) is 17.6. The maximum atomic E-state index is 12.6. The van der Waals surface area contributed by atoms with Gasteiger partial charge in [-0.25, -0.2) is 4.79 Å². The van der Waals surface area contributed by atoms with Gasteiger partial charge in [-0.1, -0.05) is 12.1 Å². The van der Waals surface area contributed by atoms with Gasteiger partial charge in [0.1, 0.15) is 11.4 Å². The summed E-state index contributed by atoms with van der Waals surface area (Å²) in [5, 5.41) is 5.27. The zero-order valence-electron chi connectivity index (χ0n) is 12.8. The number of carbonyl (C=O) groups excluding carboxylic acids is 1. The van der Waals surface area contributed by atoms with Crippen LogP contribution in [0.4, 0.5) is 13.2 Å². The molecule has 0 spiro atoms. The van der Waals surface area contributed by atoms with Crippen molar-refractivity contribution in [3.05, 3.63) is 53.4 Å². The van der Waals surface area contributed by atoms with Crippen LogP contribution >= 0.6 is 0 Å². The Morgan fingerprint density at radius 3 is 2.88 bits per heavy atom. The summed E-state index contributed by atoms with van der Waals surface area (Å²) >= 11 is 0. The predicted octanol–water partition coefficient (Wildman–Crippen LogP) is 3.24. The number of rotatable bonds is 6. The van der Waals surface area contributed by atoms with Gasteiger partial charge in [-0.3, -0.25) is 5.10 Å². The Balaban J connectivity index is 1.85. The van der Waals surface area contributed by atoms with E-state index in [9.17, 15) is 18.0 Å². The maximum Gasteiger partial charge on any atom is 0.433 e. The van der Waals surface area contributed by atoms with Crippen molar-refractivity contribution in [2.24, 2.45) is 0 Å². The third-order valence-electron chi connectivity index (χ3n) is 3.12. The number of aromatic amines is 1. The van der Waals surface area contributed by atoms with Crippen molar-refractivity contribution in [3.63, 3.8) is 0 Å². The zero-order chi connectivity index (χ0) is 17.6. The number of hydrogen-bond acceptors (Lipinski definition) is 4. The van der Waals surface area contributed by atoms with Crippen molar-refractivity contribution in [1.29, 1.82) is 0 Å². The van der Waals surface area contributed by atoms with Crippen molar-refractivity contribution >= 4 is 12.0 Å². The molecular weight excluding hydrogens is 325 g/mol. The first-order chi connectivity index (χ1) is 11.4. The number of carbonyl (C=O) groups is 1. The minimum Gasteiger partial charge on any atom is -0.497 e. The molecule has 2 aromatic rings. The monoisotopic (exact) mass is 340 g/mol. The molecule has 1 aromatic carbocycles. The lowest BCUT2D eigenvalue weighted by Gasteiger charge is -2.06. The molecule has 0 aliphatic heterocycles. The minimum absolute atomic E-state index is 0.0490. The molecule has 5 nitrogen and oxygen atoms in total. The summed E-state index contributed by atoms with van der Waals surface area (Å²) in [5.41, 5.74) is -0.238. The number of methoxy groups -OCH3 is 1. The summed E-state index contributed by atoms with van der Waals surface area (Å²) in [5.74, 6) is 0.0000266. The van der Waals surface area contributed by atoms with E-state index in [0.29, 0.717) is 5.75 Å². The summed E-state index contributed by atoms with van der Waals surface area (Å²) < 4.78 is 47.9. The van der Waals surface area contributed by atoms with Gasteiger partial charge in [-0.15, -0.1) is 0 Å². The van der Waals surface area contributed by atoms with E-state index in [4.69, 9.17) is 9.47 Å². The average Bonchev–Trinajstić information content (AvgIpc) is 3.02. The van der Waals surface area contributed by atoms with Crippen LogP contribution in [0, 0.1) is 0 Å². The van der Waals surface area contributed by atoms with Crippen LogP contribution < -0.4 is 4.74 Å². The number of halogens is 3. The van der Waals surface area contributed by atoms with E-state index >= 15 is 0 Å². The number of aromatic nitrogens is 2. The van der Waals surface area contributed by atoms with E-state index in [0.717, 1.165) is 11.8 Å². The molecule has 128 valence electrons. The summed E-state index contributed by atoms with van der Waals surface area (Å²) in [6, 6.07) is 7.03. The van der Waals surface area contributed by atoms with Gasteiger partial charge in [0.05, 0.1) is 19.9 Å². The molecule has 1 N–H and O–H groups in total. The highest BCUT2D eigenvalue weighted by atomic mass is 19.4. The Kier molecular flexibility index (Phi) is 5.62. The molecule has 8 heteroatoms. The van der Waals surface area contributed by atoms with Gasteiger partial charge in [-0.05, 0) is 23.8 Å². The number of nitrogens with one attached hydrogen (secondary N) is 1. The average molecular weight is 340 g/mol. The third kappa shape index (κ3) is 4.87. The van der Waals surface area contributed by atoms with Crippen molar-refractivity contribution in [2.45, 2.75) is 12.6 Å². The molecule has 0 saturated heterocycles. The largest absolute Gasteiger partial charge is 0.497 e. The number of alkyl halides is 3. The molecule has 0 unspecified atom stereocenters. The molecule has 0 saturated carbocycles. The lowest BCUT2D eigenvalue weighted by molar-refractivity contribution is -0.141. The van der Waals surface area contributed by atoms with E-state index < -0.39 is 17.8 Å². The first-order valence-electron chi connectivity index (χ1n) is 6.98. The van der Waals surface area contributed by atoms with E-state index in [1.807, 2.05) is 5.10 Å². The van der Waals surface area contributed by atoms with Crippen LogP contribution in [0.15, 0.2) is 36.5 Å². The number of nitrogens with zero attached hydrogens (tertiary/aromatic N) is 1. The molecule has 1 aromatic heterocycles. The summed E-state index contributed by atoms with van der Waals surface area (Å²) in [6.45, 7) is -0.177. The second-order valence-electron chi connectivity index (χ2n) is 4.80. The van der Waals surface area contributed by atoms with E-state index in [2.05, 4.69) is 5.10 Å². The smallest absolute Gasteiger partial charge is 0.433 e. The fourth-order valence-electron chi connectivity index (χ4n) is 1.97. The third-order valence-corrected chi connectivity index (χ3v) is 3.12. The molecule has 0 amide bonds. The molecule has 0 fully saturated rings. The minimum atomic E-state index is -4.51. The van der Waals surface area contributed by atoms with Crippen LogP contribution in [-0.2, 0) is 22.1 Å². The summed E-state index contributed by atoms with van der Waals surface area (Å²) in [6.07, 6.45) is -0.784. The van der Waals surface area contributed by atoms with Crippen molar-refractivity contribution in [1.82, 2.24) is 10.2 Å². The van der Waals surface area contributed by atoms with Crippen molar-refractivity contribution < 1.29 is 27.4 Å². The molecular formula is C16H15F3N2O3. The second-order valence-corrected chi connectivity index (χ2v) is 4.80. The molecule has 0 bridgehead atoms. The second kappa shape index (κ2) is 7.67. The quantitative estimate of drug-likeness (QED) is 0.648. The van der Waals surface area contributed by atoms with Gasteiger partial charge in [0.15, 0.2) is 0 Å². The number of benzene rings is 1. The van der Waals surface area contributed by atoms with Crippen molar-refractivity contribution in [2.75, 3.05) is 13.7 Å². The molecule has 1 heterocycles. The van der Waals surface area contributed by atoms with Crippen LogP contribution in [0.5, 0.6) is 5.75 Å². The lowest BCUT2D eigenvalue weighted by atomic mass is 10.2. The molecule has 0 radical (unpaired) electrons. The van der Waals surface area contributed by atoms with Crippen LogP contribution in [0.1, 0.15) is 16.8 Å². The van der Waals surface area contributed by atoms with Crippen molar-refractivity contribution in [3.8, 4) is 5.75 Å². The molecule has 0 atom stereocenters. The number of hydrogen-bond donors (Lipinski definition) is 1. The fraction of sp³-hybridized carbons (Fsp3) is 0.250. The Bertz CT molecular complexity index is 723. The molecule has 0 aliphatic carbocycles. The lowest BCUT2D eigenvalue weighted by Crippen LogP contribution is -2.11. The topological polar surface area (TPSA) is 64.2 Å². The van der Waals surface area contributed by atoms with E-state index in [1.165, 1.54) is 19.3 Å². The normalized spacial score (nSPS) is 11.7. The maximum absolute atomic E-state index is 12.6. The van der Waals surface area contributed by atoms with Crippen LogP contribution in [0.2, 0.25) is 0 Å². The number of ether oxygens (including phenoxy) is 2. The summed E-state index contributed by atoms with van der Waals surface area (Å²) in [4.78, 5) is 11.6. The number of esters is 1. The summed E-state index contributed by atoms with van der Waals surface area (Å²) in [7, 11) is 1.53. The SMILES string of the molecule is COc1cccc(C=CC(=O)OCCc2cn[nH]c2C(F)(F)F)c1. The fourth-order valence-corrected chi connectivity index (χ4v) is 1.97. The van der Waals surface area contributed by atoms with Gasteiger partial charge < -0.3 is 9.47 Å². The highest BCUT2D eigenvalue weighted by Gasteiger charge is 2.35. The zero-order valence-corrected chi connectivity index (χ0v) is 12.8. The Morgan fingerprint density at radius 1 is 1.38 bits per heavy atom. The van der Waals surface area contributed by atoms with E-state index in [-0.39, 0.29) is 18.6 Å². The van der Waals surface area contributed by atoms with Gasteiger partial charge in [0.2, 0.25) is 0 Å². The van der Waals surface area contributed by atoms with Crippen LogP contribution in [0.3, 0.4) is 0 Å². The number of H-pyrrole nitrogens is 1. The Morgan fingerprint density at radius 2 is 2.17 bits per heavy atom. The first-order valence-corrected chi connectivity index (χ1v) is 6.98. The standard InChI is InChI=1S/C16H15F3N2O3/c1-23-13-4-2-3-11(9-13)5-6-14(22)24-8-7-12-10-20-21-15(12)16(17,18)19/h2-6,9-10H,7-8H2,1H3,(H,20,21). The Labute approximate surface area is 136 Å². The van der Waals surface area contributed by atoms with Crippen LogP contribution in [-0.4, -0.2) is 29.9 Å². The highest BCUT2D eigenvalue weighted by molar-refractivity contribution is 5.87. The predicted molar refractivity (Wildman–Crippen MR) is 80.3 cm³/mol. The van der Waals surface area contributed by atoms with Gasteiger partial charge in [0.25, 0.3) is 0 Å². The van der Waals surface area contributed by atoms with Gasteiger partial charge >= 0.3 is 12.1 Å². The van der Waals surface area contributed by atoms with Gasteiger partial charge in [-0.2, -0.15) is 18.3 Å². The van der Waals surface area contributed by atoms with E-state index in [1.54, 1.807) is 24.3 Å². The molecule has 0 aliphatic rings. The molecule has 24 heavy (non-hydrogen) atoms. The Hall–Kier alpha value is -2.77. The highest BCUT2D eigenvalue weighted by Crippen LogP contribution is 2.30. The molecule has 2 rings (SSSR count). The van der Waals surface area contributed by atoms with Gasteiger partial charge in [0, 0.05) is 18.1 Å². The van der Waals surface area contributed by atoms with Crippen LogP contribution in [0.25, 0.3) is 6.08 Å².